The Bertz CT molecular complexity index is 386. The second kappa shape index (κ2) is 12.3. The summed E-state index contributed by atoms with van der Waals surface area (Å²) in [5, 5.41) is 0. The molecule has 0 aliphatic heterocycles. The molecular weight excluding hydrogens is 272 g/mol. The third-order valence-corrected chi connectivity index (χ3v) is 4.06. The van der Waals surface area contributed by atoms with Gasteiger partial charge in [0.25, 0.3) is 0 Å². The molecule has 1 atom stereocenters. The van der Waals surface area contributed by atoms with Crippen molar-refractivity contribution in [3.63, 3.8) is 0 Å². The van der Waals surface area contributed by atoms with E-state index in [1.165, 1.54) is 44.9 Å². The molecule has 0 aliphatic carbocycles. The number of carbonyl (C=O) groups excluding carboxylic acids is 1. The quantitative estimate of drug-likeness (QED) is 0.339. The van der Waals surface area contributed by atoms with Gasteiger partial charge in [-0.15, -0.1) is 0 Å². The minimum atomic E-state index is -0.146. The molecule has 0 aromatic heterocycles. The van der Waals surface area contributed by atoms with Gasteiger partial charge in [0.2, 0.25) is 0 Å². The van der Waals surface area contributed by atoms with Crippen molar-refractivity contribution >= 4 is 5.97 Å². The number of ether oxygens (including phenoxy) is 1. The first-order valence-corrected chi connectivity index (χ1v) is 8.98. The molecule has 124 valence electrons. The van der Waals surface area contributed by atoms with Gasteiger partial charge in [0.05, 0.1) is 0 Å². The highest BCUT2D eigenvalue weighted by Gasteiger charge is 2.10. The number of unbranched alkanes of at least 4 members (excludes halogenated alkanes) is 8. The van der Waals surface area contributed by atoms with Gasteiger partial charge >= 0.3 is 5.97 Å². The highest BCUT2D eigenvalue weighted by atomic mass is 16.5. The third kappa shape index (κ3) is 8.86. The summed E-state index contributed by atoms with van der Waals surface area (Å²) in [5.41, 5.74) is 1.06. The Morgan fingerprint density at radius 3 is 2.05 bits per heavy atom. The van der Waals surface area contributed by atoms with Crippen LogP contribution in [0.2, 0.25) is 0 Å². The second-order valence-corrected chi connectivity index (χ2v) is 6.12. The largest absolute Gasteiger partial charge is 0.458 e. The van der Waals surface area contributed by atoms with Crippen molar-refractivity contribution in [2.75, 3.05) is 0 Å². The van der Waals surface area contributed by atoms with E-state index in [9.17, 15) is 4.79 Å². The highest BCUT2D eigenvalue weighted by molar-refractivity contribution is 5.69. The maximum atomic E-state index is 11.8. The number of hydrogen-bond acceptors (Lipinski definition) is 2. The minimum Gasteiger partial charge on any atom is -0.458 e. The van der Waals surface area contributed by atoms with Gasteiger partial charge < -0.3 is 4.74 Å². The molecule has 0 N–H and O–H groups in total. The molecule has 0 amide bonds. The second-order valence-electron chi connectivity index (χ2n) is 6.12. The van der Waals surface area contributed by atoms with E-state index in [4.69, 9.17) is 4.74 Å². The Morgan fingerprint density at radius 1 is 0.909 bits per heavy atom. The molecule has 2 nitrogen and oxygen atoms in total. The molecule has 1 aromatic carbocycles. The molecule has 0 fully saturated rings. The first kappa shape index (κ1) is 18.7. The molecule has 0 saturated heterocycles. The standard InChI is InChI=1S/C20H32O2/c1-3-4-5-6-7-8-9-10-14-17-20(21)22-18(2)19-15-12-11-13-16-19/h11-13,15-16,18H,3-10,14,17H2,1-2H3. The van der Waals surface area contributed by atoms with Gasteiger partial charge in [-0.05, 0) is 18.9 Å². The third-order valence-electron chi connectivity index (χ3n) is 4.06. The van der Waals surface area contributed by atoms with Crippen LogP contribution in [-0.4, -0.2) is 5.97 Å². The maximum Gasteiger partial charge on any atom is 0.306 e. The Balaban J connectivity index is 2.00. The van der Waals surface area contributed by atoms with Crippen molar-refractivity contribution in [2.45, 2.75) is 84.2 Å². The van der Waals surface area contributed by atoms with Crippen LogP contribution in [0.1, 0.15) is 89.7 Å². The van der Waals surface area contributed by atoms with Crippen LogP contribution in [0.25, 0.3) is 0 Å². The zero-order valence-electron chi connectivity index (χ0n) is 14.4. The Labute approximate surface area is 136 Å². The zero-order chi connectivity index (χ0) is 16.0. The molecule has 2 heteroatoms. The summed E-state index contributed by atoms with van der Waals surface area (Å²) in [6, 6.07) is 9.91. The average molecular weight is 304 g/mol. The van der Waals surface area contributed by atoms with E-state index in [0.29, 0.717) is 6.42 Å². The fourth-order valence-electron chi connectivity index (χ4n) is 2.63. The van der Waals surface area contributed by atoms with Crippen molar-refractivity contribution in [2.24, 2.45) is 0 Å². The summed E-state index contributed by atoms with van der Waals surface area (Å²) in [6.45, 7) is 4.18. The van der Waals surface area contributed by atoms with Crippen LogP contribution in [0.3, 0.4) is 0 Å². The van der Waals surface area contributed by atoms with Gasteiger partial charge in [-0.3, -0.25) is 4.79 Å². The lowest BCUT2D eigenvalue weighted by atomic mass is 10.1. The molecule has 0 heterocycles. The number of hydrogen-bond donors (Lipinski definition) is 0. The summed E-state index contributed by atoms with van der Waals surface area (Å²) < 4.78 is 5.47. The van der Waals surface area contributed by atoms with E-state index in [1.807, 2.05) is 37.3 Å². The predicted octanol–water partition coefficient (Wildman–Crippen LogP) is 6.21. The van der Waals surface area contributed by atoms with E-state index < -0.39 is 0 Å². The molecule has 22 heavy (non-hydrogen) atoms. The van der Waals surface area contributed by atoms with Gasteiger partial charge in [0.1, 0.15) is 6.10 Å². The molecule has 0 bridgehead atoms. The van der Waals surface area contributed by atoms with Gasteiger partial charge in [0, 0.05) is 6.42 Å². The smallest absolute Gasteiger partial charge is 0.306 e. The van der Waals surface area contributed by atoms with Crippen LogP contribution in [-0.2, 0) is 9.53 Å². The Hall–Kier alpha value is -1.31. The fraction of sp³-hybridized carbons (Fsp3) is 0.650. The fourth-order valence-corrected chi connectivity index (χ4v) is 2.63. The minimum absolute atomic E-state index is 0.0701. The summed E-state index contributed by atoms with van der Waals surface area (Å²) >= 11 is 0. The summed E-state index contributed by atoms with van der Waals surface area (Å²) in [4.78, 5) is 11.8. The lowest BCUT2D eigenvalue weighted by Gasteiger charge is -2.13. The molecule has 0 aliphatic rings. The van der Waals surface area contributed by atoms with Crippen molar-refractivity contribution in [3.05, 3.63) is 35.9 Å². The van der Waals surface area contributed by atoms with E-state index >= 15 is 0 Å². The van der Waals surface area contributed by atoms with Crippen LogP contribution in [0, 0.1) is 0 Å². The summed E-state index contributed by atoms with van der Waals surface area (Å²) in [5.74, 6) is -0.0701. The first-order valence-electron chi connectivity index (χ1n) is 8.98. The zero-order valence-corrected chi connectivity index (χ0v) is 14.4. The monoisotopic (exact) mass is 304 g/mol. The maximum absolute atomic E-state index is 11.8. The summed E-state index contributed by atoms with van der Waals surface area (Å²) in [6.07, 6.45) is 11.8. The van der Waals surface area contributed by atoms with Crippen molar-refractivity contribution in [1.82, 2.24) is 0 Å². The normalized spacial score (nSPS) is 12.1. The summed E-state index contributed by atoms with van der Waals surface area (Å²) in [7, 11) is 0. The predicted molar refractivity (Wildman–Crippen MR) is 92.8 cm³/mol. The van der Waals surface area contributed by atoms with Gasteiger partial charge in [-0.2, -0.15) is 0 Å². The van der Waals surface area contributed by atoms with E-state index in [1.54, 1.807) is 0 Å². The van der Waals surface area contributed by atoms with E-state index in [-0.39, 0.29) is 12.1 Å². The average Bonchev–Trinajstić information content (AvgIpc) is 2.54. The number of rotatable bonds is 12. The van der Waals surface area contributed by atoms with Crippen molar-refractivity contribution in [3.8, 4) is 0 Å². The van der Waals surface area contributed by atoms with Crippen LogP contribution in [0.15, 0.2) is 30.3 Å². The lowest BCUT2D eigenvalue weighted by Crippen LogP contribution is -2.08. The molecular formula is C20H32O2. The van der Waals surface area contributed by atoms with Crippen LogP contribution in [0.5, 0.6) is 0 Å². The molecule has 1 unspecified atom stereocenters. The molecule has 1 aromatic rings. The van der Waals surface area contributed by atoms with Crippen LogP contribution >= 0.6 is 0 Å². The van der Waals surface area contributed by atoms with Gasteiger partial charge in [-0.1, -0.05) is 88.6 Å². The molecule has 0 spiro atoms. The number of esters is 1. The van der Waals surface area contributed by atoms with Gasteiger partial charge in [-0.25, -0.2) is 0 Å². The Kier molecular flexibility index (Phi) is 10.4. The number of benzene rings is 1. The molecule has 1 rings (SSSR count). The highest BCUT2D eigenvalue weighted by Crippen LogP contribution is 2.17. The molecule has 0 radical (unpaired) electrons. The van der Waals surface area contributed by atoms with Crippen LogP contribution < -0.4 is 0 Å². The SMILES string of the molecule is CCCCCCCCCCCC(=O)OC(C)c1ccccc1. The number of carbonyl (C=O) groups is 1. The topological polar surface area (TPSA) is 26.3 Å². The van der Waals surface area contributed by atoms with Crippen molar-refractivity contribution < 1.29 is 9.53 Å². The Morgan fingerprint density at radius 2 is 1.45 bits per heavy atom. The lowest BCUT2D eigenvalue weighted by molar-refractivity contribution is -0.148. The van der Waals surface area contributed by atoms with Crippen LogP contribution in [0.4, 0.5) is 0 Å². The molecule has 0 saturated carbocycles. The van der Waals surface area contributed by atoms with Crippen molar-refractivity contribution in [1.29, 1.82) is 0 Å². The van der Waals surface area contributed by atoms with E-state index in [2.05, 4.69) is 6.92 Å². The first-order chi connectivity index (χ1) is 10.7. The van der Waals surface area contributed by atoms with Gasteiger partial charge in [0.15, 0.2) is 0 Å². The van der Waals surface area contributed by atoms with E-state index in [0.717, 1.165) is 18.4 Å².